The van der Waals surface area contributed by atoms with E-state index >= 15 is 0 Å². The standard InChI is InChI=1S/C19H16N.3C18H14N.4C13H12N.4Ir/c1-2-15-11-12-20-19(13-15)18-10-6-9-17(14-18)16-7-4-3-5-8-16;1-14-10-11-18(19-13-14)17-9-5-8-16(12-17)15-6-3-2-4-7-15;2*1-14-10-11-19-18(12-14)17-9-5-8-16(13-17)15-6-3-2-4-7-15;4*1-10-8-13(14-9-11(10)2)12-6-4-3-5-7-12;;;;/h3-9,11-14H,2H2,1H3;3*2-8,10-13H,1H3;4*3-6,8-9H,1-2H3;;;;/q8*-1;;;;/i;2*1D3;;4*2D3;;;;. The van der Waals surface area contributed by atoms with Gasteiger partial charge in [-0.15, -0.1) is 285 Å². The average molecular weight is 2510 g/mol. The van der Waals surface area contributed by atoms with Crippen LogP contribution in [0, 0.1) is 124 Å². The molecular formula is C125H106Ir4N8-8. The van der Waals surface area contributed by atoms with E-state index in [0.717, 1.165) is 130 Å². The molecule has 0 aliphatic carbocycles. The zero-order valence-corrected chi connectivity index (χ0v) is 85.5. The molecule has 8 nitrogen and oxygen atoms in total. The molecule has 20 rings (SSSR count). The minimum absolute atomic E-state index is 0. The van der Waals surface area contributed by atoms with Crippen LogP contribution in [0.1, 0.15) is 98.4 Å². The van der Waals surface area contributed by atoms with Crippen LogP contribution in [0.3, 0.4) is 0 Å². The Labute approximate surface area is 890 Å². The van der Waals surface area contributed by atoms with Crippen molar-refractivity contribution in [3.8, 4) is 135 Å². The first kappa shape index (κ1) is 82.9. The van der Waals surface area contributed by atoms with Gasteiger partial charge in [0, 0.05) is 155 Å². The van der Waals surface area contributed by atoms with Gasteiger partial charge >= 0.3 is 0 Å². The Morgan fingerprint density at radius 1 is 0.197 bits per heavy atom. The fourth-order valence-electron chi connectivity index (χ4n) is 13.4. The number of hydrogen-bond donors (Lipinski definition) is 0. The van der Waals surface area contributed by atoms with E-state index in [1.165, 1.54) is 76.6 Å². The summed E-state index contributed by atoms with van der Waals surface area (Å²) in [4.78, 5) is 34.1. The molecule has 0 saturated carbocycles. The predicted molar refractivity (Wildman–Crippen MR) is 551 cm³/mol. The average Bonchev–Trinajstić information content (AvgIpc) is 0.790. The summed E-state index contributed by atoms with van der Waals surface area (Å²) in [5.74, 6) is 0. The predicted octanol–water partition coefficient (Wildman–Crippen LogP) is 31.0. The molecule has 137 heavy (non-hydrogen) atoms. The first-order valence-electron chi connectivity index (χ1n) is 52.1. The van der Waals surface area contributed by atoms with Crippen molar-refractivity contribution in [3.05, 3.63) is 529 Å². The van der Waals surface area contributed by atoms with Crippen molar-refractivity contribution in [2.45, 2.75) is 89.1 Å². The van der Waals surface area contributed by atoms with Gasteiger partial charge in [-0.3, -0.25) is 0 Å². The van der Waals surface area contributed by atoms with Crippen molar-refractivity contribution >= 4 is 0 Å². The molecule has 0 saturated heterocycles. The molecule has 8 heterocycles. The van der Waals surface area contributed by atoms with Crippen LogP contribution in [0.25, 0.3) is 135 Å². The summed E-state index contributed by atoms with van der Waals surface area (Å²) in [5, 5.41) is 0. The monoisotopic (exact) mass is 2510 g/mol. The van der Waals surface area contributed by atoms with Crippen molar-refractivity contribution in [2.24, 2.45) is 0 Å². The summed E-state index contributed by atoms with van der Waals surface area (Å²) in [6.07, 6.45) is 13.4. The number of rotatable bonds is 13. The third kappa shape index (κ3) is 32.9. The van der Waals surface area contributed by atoms with Crippen molar-refractivity contribution in [1.82, 2.24) is 39.9 Å². The molecule has 0 aliphatic heterocycles. The van der Waals surface area contributed by atoms with Crippen LogP contribution >= 0.6 is 0 Å². The maximum Gasteiger partial charge on any atom is 0.0280 e. The molecule has 690 valence electrons. The maximum atomic E-state index is 7.50. The summed E-state index contributed by atoms with van der Waals surface area (Å²) in [7, 11) is 0. The van der Waals surface area contributed by atoms with E-state index in [1.54, 1.807) is 70.2 Å². The van der Waals surface area contributed by atoms with Crippen LogP contribution in [-0.4, -0.2) is 39.9 Å². The number of benzene rings is 12. The van der Waals surface area contributed by atoms with Crippen molar-refractivity contribution in [3.63, 3.8) is 0 Å². The van der Waals surface area contributed by atoms with Crippen molar-refractivity contribution < 1.29 is 105 Å². The largest absolute Gasteiger partial charge is 0.305 e. The van der Waals surface area contributed by atoms with Crippen LogP contribution in [0.2, 0.25) is 0 Å². The molecule has 0 spiro atoms. The van der Waals surface area contributed by atoms with Gasteiger partial charge in [-0.1, -0.05) is 222 Å². The molecule has 0 unspecified atom stereocenters. The third-order valence-electron chi connectivity index (χ3n) is 20.8. The van der Waals surface area contributed by atoms with Gasteiger partial charge in [0.1, 0.15) is 0 Å². The quantitative estimate of drug-likeness (QED) is 0.105. The Bertz CT molecular complexity index is 7390. The molecular weight excluding hydrogens is 2380 g/mol. The molecule has 8 aromatic heterocycles. The van der Waals surface area contributed by atoms with Gasteiger partial charge in [-0.2, -0.15) is 0 Å². The van der Waals surface area contributed by atoms with Gasteiger partial charge in [0.05, 0.1) is 0 Å². The summed E-state index contributed by atoms with van der Waals surface area (Å²) in [6, 6.07) is 142. The van der Waals surface area contributed by atoms with Gasteiger partial charge in [-0.25, -0.2) is 0 Å². The minimum Gasteiger partial charge on any atom is -0.305 e. The summed E-state index contributed by atoms with van der Waals surface area (Å²) < 4.78 is 133. The zero-order valence-electron chi connectivity index (χ0n) is 93.9. The van der Waals surface area contributed by atoms with Crippen LogP contribution < -0.4 is 0 Å². The molecule has 12 aromatic carbocycles. The van der Waals surface area contributed by atoms with Crippen molar-refractivity contribution in [1.29, 1.82) is 0 Å². The smallest absolute Gasteiger partial charge is 0.0280 e. The summed E-state index contributed by atoms with van der Waals surface area (Å²) in [6.45, 7) is -1.28. The Morgan fingerprint density at radius 2 is 0.467 bits per heavy atom. The van der Waals surface area contributed by atoms with Gasteiger partial charge in [0.15, 0.2) is 0 Å². The fraction of sp³-hybridized carbons (Fsp3) is 0.104. The summed E-state index contributed by atoms with van der Waals surface area (Å²) in [5.41, 5.74) is 29.8. The van der Waals surface area contributed by atoms with Crippen LogP contribution in [-0.2, 0) is 86.8 Å². The second-order valence-electron chi connectivity index (χ2n) is 30.6. The molecule has 4 radical (unpaired) electrons. The zero-order chi connectivity index (χ0) is 108. The van der Waals surface area contributed by atoms with Crippen LogP contribution in [0.15, 0.2) is 414 Å². The normalized spacial score (nSPS) is 12.5. The Balaban J connectivity index is 0.000000196. The Morgan fingerprint density at radius 3 is 0.745 bits per heavy atom. The molecule has 20 aromatic rings. The third-order valence-corrected chi connectivity index (χ3v) is 20.8. The molecule has 0 amide bonds. The van der Waals surface area contributed by atoms with E-state index in [0.29, 0.717) is 33.6 Å². The second kappa shape index (κ2) is 56.1. The molecule has 0 aliphatic rings. The van der Waals surface area contributed by atoms with Gasteiger partial charge in [-0.05, 0) is 196 Å². The first-order valence-corrected chi connectivity index (χ1v) is 43.1. The minimum atomic E-state index is -2.13. The first-order chi connectivity index (χ1) is 72.2. The number of aryl methyl sites for hydroxylation is 12. The molecule has 0 N–H and O–H groups in total. The number of pyridine rings is 8. The van der Waals surface area contributed by atoms with E-state index in [2.05, 4.69) is 193 Å². The van der Waals surface area contributed by atoms with Gasteiger partial charge in [0.2, 0.25) is 0 Å². The summed E-state index contributed by atoms with van der Waals surface area (Å²) >= 11 is 0. The van der Waals surface area contributed by atoms with Crippen molar-refractivity contribution in [2.75, 3.05) is 0 Å². The van der Waals surface area contributed by atoms with E-state index < -0.39 is 41.1 Å². The van der Waals surface area contributed by atoms with Crippen LogP contribution in [0.4, 0.5) is 0 Å². The van der Waals surface area contributed by atoms with E-state index in [9.17, 15) is 0 Å². The second-order valence-corrected chi connectivity index (χ2v) is 30.6. The number of aromatic nitrogens is 8. The van der Waals surface area contributed by atoms with E-state index in [1.807, 2.05) is 237 Å². The SMILES string of the molecule is CCc1ccnc(-c2[c-]ccc(-c3ccccc3)c2)c1.Cc1ccnc(-c2[c-]ccc(-c3ccccc3)c2)c1.[2H]C([2H])([2H])c1ccc(-c2[c-]ccc(-c3ccccc3)c2)nc1.[2H]C([2H])([2H])c1ccnc(-c2[c-]ccc(-c3ccccc3)c2)c1.[2H]C([2H])([2H])c1cnc(-c2[c-]cccc2)cc1C.[2H]C([2H])([2H])c1cnc(-c2[c-]cccc2)cc1C.[2H]C([2H])([2H])c1cnc(-c2[c-]cccc2)cc1C.[2H]C([2H])([2H])c1cnc(-c2[c-]cccc2)cc1C.[Ir].[Ir].[Ir].[Ir]. The van der Waals surface area contributed by atoms with Gasteiger partial charge in [0.25, 0.3) is 0 Å². The van der Waals surface area contributed by atoms with Crippen LogP contribution in [0.5, 0.6) is 0 Å². The van der Waals surface area contributed by atoms with E-state index in [-0.39, 0.29) is 91.5 Å². The Kier molecular flexibility index (Phi) is 33.9. The molecule has 0 atom stereocenters. The molecule has 12 heteroatoms. The Hall–Kier alpha value is -13.6. The van der Waals surface area contributed by atoms with E-state index in [4.69, 9.17) is 24.7 Å². The molecule has 0 fully saturated rings. The topological polar surface area (TPSA) is 103 Å². The van der Waals surface area contributed by atoms with Gasteiger partial charge < -0.3 is 39.9 Å². The molecule has 0 bridgehead atoms. The fourth-order valence-corrected chi connectivity index (χ4v) is 13.4. The number of hydrogen-bond acceptors (Lipinski definition) is 8. The maximum absolute atomic E-state index is 7.50. The number of nitrogens with zero attached hydrogens (tertiary/aromatic N) is 8.